The van der Waals surface area contributed by atoms with Gasteiger partial charge in [0.1, 0.15) is 6.54 Å². The Morgan fingerprint density at radius 1 is 1.06 bits per heavy atom. The molecule has 1 saturated heterocycles. The normalized spacial score (nSPS) is 19.6. The van der Waals surface area contributed by atoms with Crippen molar-refractivity contribution in [2.45, 2.75) is 51.0 Å². The number of ether oxygens (including phenoxy) is 1. The van der Waals surface area contributed by atoms with Crippen molar-refractivity contribution in [2.24, 2.45) is 4.99 Å². The summed E-state index contributed by atoms with van der Waals surface area (Å²) >= 11 is 0. The van der Waals surface area contributed by atoms with Crippen LogP contribution in [0.5, 0.6) is 0 Å². The van der Waals surface area contributed by atoms with E-state index < -0.39 is 0 Å². The average Bonchev–Trinajstić information content (AvgIpc) is 2.83. The first-order chi connectivity index (χ1) is 15.2. The summed E-state index contributed by atoms with van der Waals surface area (Å²) in [5.41, 5.74) is 1.39. The van der Waals surface area contributed by atoms with Crippen molar-refractivity contribution in [1.29, 1.82) is 0 Å². The topological polar surface area (TPSA) is 78.0 Å². The molecule has 2 aliphatic rings. The summed E-state index contributed by atoms with van der Waals surface area (Å²) in [4.78, 5) is 19.4. The van der Waals surface area contributed by atoms with Crippen molar-refractivity contribution in [3.63, 3.8) is 0 Å². The van der Waals surface area contributed by atoms with Gasteiger partial charge in [0.15, 0.2) is 5.96 Å². The Bertz CT molecular complexity index is 682. The number of hydrogen-bond donors (Lipinski definition) is 3. The smallest absolute Gasteiger partial charge is 0.241 e. The van der Waals surface area contributed by atoms with Gasteiger partial charge in [-0.05, 0) is 31.7 Å². The molecule has 7 heteroatoms. The molecule has 0 atom stereocenters. The predicted octanol–water partition coefficient (Wildman–Crippen LogP) is 1.94. The maximum Gasteiger partial charge on any atom is 0.241 e. The molecule has 1 saturated carbocycles. The third kappa shape index (κ3) is 7.51. The van der Waals surface area contributed by atoms with Crippen LogP contribution in [-0.4, -0.2) is 74.8 Å². The zero-order valence-corrected chi connectivity index (χ0v) is 19.0. The Kier molecular flexibility index (Phi) is 9.62. The Labute approximate surface area is 187 Å². The third-order valence-electron chi connectivity index (χ3n) is 6.35. The molecule has 0 radical (unpaired) electrons. The van der Waals surface area contributed by atoms with Gasteiger partial charge in [-0.3, -0.25) is 9.69 Å². The van der Waals surface area contributed by atoms with Gasteiger partial charge in [-0.1, -0.05) is 49.6 Å². The van der Waals surface area contributed by atoms with Crippen LogP contribution in [0.25, 0.3) is 0 Å². The highest BCUT2D eigenvalue weighted by Gasteiger charge is 2.38. The summed E-state index contributed by atoms with van der Waals surface area (Å²) in [6.45, 7) is 8.07. The minimum absolute atomic E-state index is 0.0475. The number of carbonyl (C=O) groups is 1. The number of benzene rings is 1. The lowest BCUT2D eigenvalue weighted by molar-refractivity contribution is -0.119. The molecule has 3 N–H and O–H groups in total. The molecule has 1 aliphatic carbocycles. The van der Waals surface area contributed by atoms with Crippen molar-refractivity contribution >= 4 is 11.9 Å². The molecule has 1 heterocycles. The Balaban J connectivity index is 1.50. The second-order valence-corrected chi connectivity index (χ2v) is 8.52. The summed E-state index contributed by atoms with van der Waals surface area (Å²) in [7, 11) is 0. The van der Waals surface area contributed by atoms with Gasteiger partial charge in [0.2, 0.25) is 5.91 Å². The number of hydrogen-bond acceptors (Lipinski definition) is 4. The fourth-order valence-electron chi connectivity index (χ4n) is 4.64. The number of morpholine rings is 1. The summed E-state index contributed by atoms with van der Waals surface area (Å²) in [6, 6.07) is 10.2. The number of carbonyl (C=O) groups excluding carboxylic acids is 1. The molecular formula is C24H39N5O2. The summed E-state index contributed by atoms with van der Waals surface area (Å²) in [5.74, 6) is 0.674. The number of rotatable bonds is 9. The zero-order valence-electron chi connectivity index (χ0n) is 19.0. The van der Waals surface area contributed by atoms with E-state index in [4.69, 9.17) is 4.74 Å². The molecule has 7 nitrogen and oxygen atoms in total. The fraction of sp³-hybridized carbons (Fsp3) is 0.667. The maximum atomic E-state index is 12.3. The standard InChI is InChI=1S/C24H39N5O2/c1-2-25-23(27-19-22(30)26-14-11-21-9-5-3-6-10-21)28-20-24(12-7-4-8-13-24)29-15-17-31-18-16-29/h3,5-6,9-10H,2,4,7-8,11-20H2,1H3,(H,26,30)(H2,25,27,28). The number of aliphatic imine (C=N–C) groups is 1. The van der Waals surface area contributed by atoms with Crippen LogP contribution in [0.2, 0.25) is 0 Å². The van der Waals surface area contributed by atoms with Crippen molar-refractivity contribution in [2.75, 3.05) is 52.5 Å². The van der Waals surface area contributed by atoms with Gasteiger partial charge < -0.3 is 20.7 Å². The maximum absolute atomic E-state index is 12.3. The monoisotopic (exact) mass is 429 g/mol. The molecule has 2 fully saturated rings. The van der Waals surface area contributed by atoms with Crippen LogP contribution in [0.3, 0.4) is 0 Å². The van der Waals surface area contributed by atoms with E-state index in [1.54, 1.807) is 0 Å². The lowest BCUT2D eigenvalue weighted by Gasteiger charge is -2.48. The van der Waals surface area contributed by atoms with E-state index in [9.17, 15) is 4.79 Å². The average molecular weight is 430 g/mol. The van der Waals surface area contributed by atoms with Crippen molar-refractivity contribution in [1.82, 2.24) is 20.9 Å². The lowest BCUT2D eigenvalue weighted by atomic mass is 9.80. The van der Waals surface area contributed by atoms with E-state index in [0.717, 1.165) is 51.8 Å². The van der Waals surface area contributed by atoms with Crippen LogP contribution in [0.4, 0.5) is 0 Å². The molecule has 0 unspecified atom stereocenters. The number of nitrogens with one attached hydrogen (secondary N) is 3. The molecule has 0 bridgehead atoms. The minimum Gasteiger partial charge on any atom is -0.379 e. The first kappa shape index (κ1) is 23.5. The fourth-order valence-corrected chi connectivity index (χ4v) is 4.64. The van der Waals surface area contributed by atoms with E-state index in [2.05, 4.69) is 44.9 Å². The van der Waals surface area contributed by atoms with Crippen molar-refractivity contribution < 1.29 is 9.53 Å². The van der Waals surface area contributed by atoms with Crippen LogP contribution in [0, 0.1) is 0 Å². The van der Waals surface area contributed by atoms with Gasteiger partial charge in [-0.15, -0.1) is 0 Å². The zero-order chi connectivity index (χ0) is 21.8. The second kappa shape index (κ2) is 12.7. The minimum atomic E-state index is -0.0475. The molecular weight excluding hydrogens is 390 g/mol. The van der Waals surface area contributed by atoms with E-state index in [1.807, 2.05) is 18.2 Å². The summed E-state index contributed by atoms with van der Waals surface area (Å²) in [5, 5.41) is 9.81. The van der Waals surface area contributed by atoms with E-state index in [1.165, 1.54) is 37.7 Å². The van der Waals surface area contributed by atoms with Gasteiger partial charge in [0.05, 0.1) is 13.2 Å². The first-order valence-corrected chi connectivity index (χ1v) is 11.9. The first-order valence-electron chi connectivity index (χ1n) is 11.9. The van der Waals surface area contributed by atoms with Crippen LogP contribution < -0.4 is 16.0 Å². The highest BCUT2D eigenvalue weighted by Crippen LogP contribution is 2.33. The molecule has 0 spiro atoms. The molecule has 1 aromatic rings. The SMILES string of the molecule is CCNC(=NCC(=O)NCCc1ccccc1)NCC1(N2CCOCC2)CCCCC1. The number of guanidine groups is 1. The highest BCUT2D eigenvalue weighted by molar-refractivity contribution is 5.84. The Morgan fingerprint density at radius 2 is 1.81 bits per heavy atom. The van der Waals surface area contributed by atoms with Crippen LogP contribution in [0.1, 0.15) is 44.6 Å². The van der Waals surface area contributed by atoms with Crippen LogP contribution in [-0.2, 0) is 16.0 Å². The van der Waals surface area contributed by atoms with Crippen molar-refractivity contribution in [3.8, 4) is 0 Å². The molecule has 172 valence electrons. The van der Waals surface area contributed by atoms with Crippen LogP contribution in [0.15, 0.2) is 35.3 Å². The predicted molar refractivity (Wildman–Crippen MR) is 125 cm³/mol. The summed E-state index contributed by atoms with van der Waals surface area (Å²) in [6.07, 6.45) is 7.12. The van der Waals surface area contributed by atoms with E-state index >= 15 is 0 Å². The van der Waals surface area contributed by atoms with Crippen molar-refractivity contribution in [3.05, 3.63) is 35.9 Å². The van der Waals surface area contributed by atoms with E-state index in [0.29, 0.717) is 6.54 Å². The molecule has 31 heavy (non-hydrogen) atoms. The number of amides is 1. The largest absolute Gasteiger partial charge is 0.379 e. The van der Waals surface area contributed by atoms with Gasteiger partial charge >= 0.3 is 0 Å². The molecule has 1 amide bonds. The summed E-state index contributed by atoms with van der Waals surface area (Å²) < 4.78 is 5.58. The lowest BCUT2D eigenvalue weighted by Crippen LogP contribution is -2.60. The Morgan fingerprint density at radius 3 is 2.52 bits per heavy atom. The van der Waals surface area contributed by atoms with Gasteiger partial charge in [0, 0.05) is 38.3 Å². The molecule has 0 aromatic heterocycles. The highest BCUT2D eigenvalue weighted by atomic mass is 16.5. The molecule has 1 aromatic carbocycles. The van der Waals surface area contributed by atoms with Gasteiger partial charge in [-0.2, -0.15) is 0 Å². The van der Waals surface area contributed by atoms with Gasteiger partial charge in [0.25, 0.3) is 0 Å². The van der Waals surface area contributed by atoms with E-state index in [-0.39, 0.29) is 18.0 Å². The van der Waals surface area contributed by atoms with Crippen LogP contribution >= 0.6 is 0 Å². The quantitative estimate of drug-likeness (QED) is 0.413. The third-order valence-corrected chi connectivity index (χ3v) is 6.35. The Hall–Kier alpha value is -2.12. The molecule has 1 aliphatic heterocycles. The van der Waals surface area contributed by atoms with Gasteiger partial charge in [-0.25, -0.2) is 4.99 Å². The second-order valence-electron chi connectivity index (χ2n) is 8.52. The number of nitrogens with zero attached hydrogens (tertiary/aromatic N) is 2. The molecule has 3 rings (SSSR count).